The summed E-state index contributed by atoms with van der Waals surface area (Å²) in [5.41, 5.74) is 1.18. The molecule has 0 spiro atoms. The molecule has 0 atom stereocenters. The van der Waals surface area contributed by atoms with Crippen LogP contribution in [0.5, 0.6) is 11.5 Å². The Morgan fingerprint density at radius 2 is 1.85 bits per heavy atom. The SMILES string of the molecule is CS(=O)(=O)N(CC(=O)NCCc1ccc(F)cc1)c1ccc2c(c1)OCO2. The molecule has 0 saturated carbocycles. The molecule has 1 aliphatic rings. The van der Waals surface area contributed by atoms with E-state index in [2.05, 4.69) is 5.32 Å². The van der Waals surface area contributed by atoms with Crippen LogP contribution in [0.2, 0.25) is 0 Å². The van der Waals surface area contributed by atoms with Gasteiger partial charge in [-0.3, -0.25) is 9.10 Å². The number of ether oxygens (including phenoxy) is 2. The summed E-state index contributed by atoms with van der Waals surface area (Å²) in [4.78, 5) is 12.2. The van der Waals surface area contributed by atoms with Gasteiger partial charge in [0.2, 0.25) is 22.7 Å². The first-order valence-electron chi connectivity index (χ1n) is 8.21. The second-order valence-corrected chi connectivity index (χ2v) is 7.94. The zero-order chi connectivity index (χ0) is 19.4. The van der Waals surface area contributed by atoms with Gasteiger partial charge in [0.25, 0.3) is 0 Å². The lowest BCUT2D eigenvalue weighted by Gasteiger charge is -2.22. The maximum Gasteiger partial charge on any atom is 0.240 e. The van der Waals surface area contributed by atoms with Gasteiger partial charge in [-0.25, -0.2) is 12.8 Å². The minimum atomic E-state index is -3.68. The average Bonchev–Trinajstić information content (AvgIpc) is 3.08. The van der Waals surface area contributed by atoms with Crippen molar-refractivity contribution in [3.05, 3.63) is 53.8 Å². The minimum absolute atomic E-state index is 0.0710. The molecule has 1 heterocycles. The summed E-state index contributed by atoms with van der Waals surface area (Å²) < 4.78 is 48.6. The van der Waals surface area contributed by atoms with Crippen LogP contribution in [-0.2, 0) is 21.2 Å². The molecular formula is C18H19FN2O5S. The van der Waals surface area contributed by atoms with E-state index in [-0.39, 0.29) is 19.2 Å². The first-order valence-corrected chi connectivity index (χ1v) is 10.1. The summed E-state index contributed by atoms with van der Waals surface area (Å²) in [6, 6.07) is 10.6. The van der Waals surface area contributed by atoms with Gasteiger partial charge in [-0.05, 0) is 36.2 Å². The van der Waals surface area contributed by atoms with Crippen molar-refractivity contribution in [2.75, 3.05) is 30.4 Å². The predicted octanol–water partition coefficient (Wildman–Crippen LogP) is 1.68. The highest BCUT2D eigenvalue weighted by atomic mass is 32.2. The Balaban J connectivity index is 1.62. The Morgan fingerprint density at radius 1 is 1.15 bits per heavy atom. The molecule has 0 unspecified atom stereocenters. The summed E-state index contributed by atoms with van der Waals surface area (Å²) in [6.45, 7) is 0.0205. The summed E-state index contributed by atoms with van der Waals surface area (Å²) in [6.07, 6.45) is 1.54. The van der Waals surface area contributed by atoms with Crippen molar-refractivity contribution in [1.82, 2.24) is 5.32 Å². The van der Waals surface area contributed by atoms with Gasteiger partial charge >= 0.3 is 0 Å². The largest absolute Gasteiger partial charge is 0.454 e. The van der Waals surface area contributed by atoms with E-state index in [9.17, 15) is 17.6 Å². The van der Waals surface area contributed by atoms with E-state index in [1.165, 1.54) is 18.2 Å². The second-order valence-electron chi connectivity index (χ2n) is 6.03. The van der Waals surface area contributed by atoms with Crippen molar-refractivity contribution in [2.45, 2.75) is 6.42 Å². The number of benzene rings is 2. The molecule has 3 rings (SSSR count). The molecule has 0 fully saturated rings. The Kier molecular flexibility index (Phi) is 5.50. The van der Waals surface area contributed by atoms with Crippen molar-refractivity contribution in [3.8, 4) is 11.5 Å². The van der Waals surface area contributed by atoms with Gasteiger partial charge in [0, 0.05) is 12.6 Å². The van der Waals surface area contributed by atoms with Gasteiger partial charge < -0.3 is 14.8 Å². The molecular weight excluding hydrogens is 375 g/mol. The van der Waals surface area contributed by atoms with Gasteiger partial charge in [0.1, 0.15) is 12.4 Å². The first-order chi connectivity index (χ1) is 12.8. The molecule has 0 aromatic heterocycles. The van der Waals surface area contributed by atoms with Gasteiger partial charge in [0.05, 0.1) is 11.9 Å². The van der Waals surface area contributed by atoms with Gasteiger partial charge in [-0.15, -0.1) is 0 Å². The number of halogens is 1. The van der Waals surface area contributed by atoms with Crippen LogP contribution in [0.25, 0.3) is 0 Å². The molecule has 0 bridgehead atoms. The van der Waals surface area contributed by atoms with Gasteiger partial charge in [-0.1, -0.05) is 12.1 Å². The third kappa shape index (κ3) is 4.88. The Bertz CT molecular complexity index is 931. The van der Waals surface area contributed by atoms with Crippen LogP contribution >= 0.6 is 0 Å². The smallest absolute Gasteiger partial charge is 0.240 e. The number of fused-ring (bicyclic) bond motifs is 1. The predicted molar refractivity (Wildman–Crippen MR) is 97.9 cm³/mol. The standard InChI is InChI=1S/C18H19FN2O5S/c1-27(23,24)21(15-6-7-16-17(10-15)26-12-25-16)11-18(22)20-9-8-13-2-4-14(19)5-3-13/h2-7,10H,8-9,11-12H2,1H3,(H,20,22). The molecule has 0 saturated heterocycles. The number of sulfonamides is 1. The third-order valence-corrected chi connectivity index (χ3v) is 5.12. The maximum atomic E-state index is 12.9. The Labute approximate surface area is 156 Å². The lowest BCUT2D eigenvalue weighted by molar-refractivity contribution is -0.119. The Morgan fingerprint density at radius 3 is 2.56 bits per heavy atom. The maximum absolute atomic E-state index is 12.9. The van der Waals surface area contributed by atoms with E-state index in [1.54, 1.807) is 24.3 Å². The molecule has 1 amide bonds. The quantitative estimate of drug-likeness (QED) is 0.772. The normalized spacial score (nSPS) is 12.7. The van der Waals surface area contributed by atoms with E-state index in [0.29, 0.717) is 30.2 Å². The van der Waals surface area contributed by atoms with Gasteiger partial charge in [-0.2, -0.15) is 0 Å². The number of hydrogen-bond acceptors (Lipinski definition) is 5. The van der Waals surface area contributed by atoms with Crippen LogP contribution in [0.15, 0.2) is 42.5 Å². The highest BCUT2D eigenvalue weighted by Crippen LogP contribution is 2.35. The number of rotatable bonds is 7. The fraction of sp³-hybridized carbons (Fsp3) is 0.278. The van der Waals surface area contributed by atoms with Crippen LogP contribution in [0, 0.1) is 5.82 Å². The molecule has 0 radical (unpaired) electrons. The number of carbonyl (C=O) groups is 1. The lowest BCUT2D eigenvalue weighted by Crippen LogP contribution is -2.40. The monoisotopic (exact) mass is 394 g/mol. The molecule has 2 aromatic carbocycles. The van der Waals surface area contributed by atoms with Crippen molar-refractivity contribution in [3.63, 3.8) is 0 Å². The highest BCUT2D eigenvalue weighted by molar-refractivity contribution is 7.92. The molecule has 27 heavy (non-hydrogen) atoms. The summed E-state index contributed by atoms with van der Waals surface area (Å²) in [7, 11) is -3.68. The summed E-state index contributed by atoms with van der Waals surface area (Å²) >= 11 is 0. The Hall–Kier alpha value is -2.81. The van der Waals surface area contributed by atoms with Crippen molar-refractivity contribution in [1.29, 1.82) is 0 Å². The van der Waals surface area contributed by atoms with E-state index in [4.69, 9.17) is 9.47 Å². The zero-order valence-electron chi connectivity index (χ0n) is 14.6. The van der Waals surface area contributed by atoms with Crippen LogP contribution in [-0.4, -0.2) is 40.5 Å². The van der Waals surface area contributed by atoms with Gasteiger partial charge in [0.15, 0.2) is 11.5 Å². The van der Waals surface area contributed by atoms with Crippen LogP contribution in [0.1, 0.15) is 5.56 Å². The number of nitrogens with one attached hydrogen (secondary N) is 1. The first kappa shape index (κ1) is 19.0. The molecule has 7 nitrogen and oxygen atoms in total. The van der Waals surface area contributed by atoms with Crippen molar-refractivity contribution in [2.24, 2.45) is 0 Å². The van der Waals surface area contributed by atoms with Crippen LogP contribution in [0.3, 0.4) is 0 Å². The third-order valence-electron chi connectivity index (χ3n) is 3.98. The number of amides is 1. The van der Waals surface area contributed by atoms with Crippen molar-refractivity contribution < 1.29 is 27.1 Å². The van der Waals surface area contributed by atoms with E-state index in [0.717, 1.165) is 16.1 Å². The summed E-state index contributed by atoms with van der Waals surface area (Å²) in [5.74, 6) is 0.185. The van der Waals surface area contributed by atoms with E-state index < -0.39 is 15.9 Å². The fourth-order valence-corrected chi connectivity index (χ4v) is 3.47. The summed E-state index contributed by atoms with van der Waals surface area (Å²) in [5, 5.41) is 2.68. The number of hydrogen-bond donors (Lipinski definition) is 1. The molecule has 9 heteroatoms. The topological polar surface area (TPSA) is 84.9 Å². The highest BCUT2D eigenvalue weighted by Gasteiger charge is 2.23. The van der Waals surface area contributed by atoms with E-state index in [1.807, 2.05) is 0 Å². The van der Waals surface area contributed by atoms with E-state index >= 15 is 0 Å². The molecule has 1 N–H and O–H groups in total. The molecule has 1 aliphatic heterocycles. The van der Waals surface area contributed by atoms with Crippen LogP contribution < -0.4 is 19.1 Å². The number of nitrogens with zero attached hydrogens (tertiary/aromatic N) is 1. The number of anilines is 1. The fourth-order valence-electron chi connectivity index (χ4n) is 2.62. The zero-order valence-corrected chi connectivity index (χ0v) is 15.5. The molecule has 0 aliphatic carbocycles. The lowest BCUT2D eigenvalue weighted by atomic mass is 10.1. The number of carbonyl (C=O) groups excluding carboxylic acids is 1. The van der Waals surface area contributed by atoms with Crippen LogP contribution in [0.4, 0.5) is 10.1 Å². The van der Waals surface area contributed by atoms with Crippen molar-refractivity contribution >= 4 is 21.6 Å². The molecule has 2 aromatic rings. The molecule has 144 valence electrons. The average molecular weight is 394 g/mol. The minimum Gasteiger partial charge on any atom is -0.454 e. The second kappa shape index (κ2) is 7.83.